The molecule has 0 amide bonds. The van der Waals surface area contributed by atoms with E-state index in [2.05, 4.69) is 113 Å². The molecule has 0 aliphatic heterocycles. The van der Waals surface area contributed by atoms with E-state index in [9.17, 15) is 0 Å². The minimum Gasteiger partial charge on any atom is -0.147 e. The molecule has 0 radical (unpaired) electrons. The number of halogens is 2. The molecule has 0 atom stereocenters. The minimum absolute atomic E-state index is 0. The van der Waals surface area contributed by atoms with Crippen molar-refractivity contribution in [3.05, 3.63) is 110 Å². The summed E-state index contributed by atoms with van der Waals surface area (Å²) in [6, 6.07) is 27.2. The Bertz CT molecular complexity index is 1260. The summed E-state index contributed by atoms with van der Waals surface area (Å²) in [5.41, 5.74) is 9.14. The van der Waals surface area contributed by atoms with Crippen LogP contribution < -0.4 is 3.27 Å². The Morgan fingerprint density at radius 3 is 2.15 bits per heavy atom. The van der Waals surface area contributed by atoms with Gasteiger partial charge in [0.15, 0.2) is 0 Å². The Kier molecular flexibility index (Phi) is 8.21. The minimum atomic E-state index is -2.29. The topological polar surface area (TPSA) is 0 Å². The fourth-order valence-corrected chi connectivity index (χ4v) is 12.6. The Hall–Kier alpha value is -1.53. The Labute approximate surface area is 218 Å². The van der Waals surface area contributed by atoms with Gasteiger partial charge in [0.05, 0.1) is 0 Å². The van der Waals surface area contributed by atoms with Gasteiger partial charge >= 0.3 is 195 Å². The zero-order chi connectivity index (χ0) is 21.6. The van der Waals surface area contributed by atoms with Crippen LogP contribution in [-0.2, 0) is 27.7 Å². The van der Waals surface area contributed by atoms with Crippen molar-refractivity contribution in [1.82, 2.24) is 0 Å². The monoisotopic (exact) mass is 552 g/mol. The number of allylic oxidation sites excluding steroid dienone is 4. The van der Waals surface area contributed by atoms with E-state index in [4.69, 9.17) is 0 Å². The van der Waals surface area contributed by atoms with Crippen LogP contribution in [-0.4, -0.2) is 3.21 Å². The van der Waals surface area contributed by atoms with Crippen molar-refractivity contribution in [2.24, 2.45) is 5.41 Å². The third kappa shape index (κ3) is 4.97. The van der Waals surface area contributed by atoms with Gasteiger partial charge < -0.3 is 0 Å². The van der Waals surface area contributed by atoms with Gasteiger partial charge in [-0.3, -0.25) is 0 Å². The van der Waals surface area contributed by atoms with E-state index in [0.29, 0.717) is 0 Å². The molecule has 0 heterocycles. The summed E-state index contributed by atoms with van der Waals surface area (Å²) in [5.74, 6) is 0. The molecule has 3 aromatic rings. The fourth-order valence-electron chi connectivity index (χ4n) is 5.06. The van der Waals surface area contributed by atoms with E-state index in [-0.39, 0.29) is 30.2 Å². The third-order valence-corrected chi connectivity index (χ3v) is 14.2. The van der Waals surface area contributed by atoms with Gasteiger partial charge in [-0.05, 0) is 0 Å². The predicted molar refractivity (Wildman–Crippen MR) is 145 cm³/mol. The number of fused-ring (bicyclic) bond motifs is 3. The molecule has 170 valence electrons. The van der Waals surface area contributed by atoms with Gasteiger partial charge in [-0.15, -0.1) is 24.8 Å². The van der Waals surface area contributed by atoms with Gasteiger partial charge in [-0.1, -0.05) is 0 Å². The maximum Gasteiger partial charge on any atom is -0.147 e. The van der Waals surface area contributed by atoms with E-state index in [1.165, 1.54) is 27.8 Å². The molecular formula is C30H32Cl2Zr. The fraction of sp³-hybridized carbons (Fsp3) is 0.233. The van der Waals surface area contributed by atoms with Crippen molar-refractivity contribution in [3.8, 4) is 11.1 Å². The first kappa shape index (κ1) is 26.1. The van der Waals surface area contributed by atoms with Crippen molar-refractivity contribution in [2.75, 3.05) is 0 Å². The number of rotatable bonds is 3. The third-order valence-electron chi connectivity index (χ3n) is 6.76. The normalized spacial score (nSPS) is 14.8. The standard InChI is InChI=1S/C13H9.C9H13.C8H8.2ClH.Zr/c1-3-7-12-10(5-1)9-11-6-2-4-8-13(11)12;1-9(2,3)8-6-4-5-7-8;1-2-8-6-4-3-5-7-8;;;/h1-5,7-8H,9H2;6-7H,4H2,1-3H3;3-7H,1H3;2*1H;. The van der Waals surface area contributed by atoms with Crippen LogP contribution >= 0.6 is 24.8 Å². The van der Waals surface area contributed by atoms with Crippen LogP contribution in [0.15, 0.2) is 93.8 Å². The van der Waals surface area contributed by atoms with Crippen LogP contribution in [0.5, 0.6) is 0 Å². The Morgan fingerprint density at radius 1 is 0.788 bits per heavy atom. The van der Waals surface area contributed by atoms with E-state index in [0.717, 1.165) is 12.8 Å². The van der Waals surface area contributed by atoms with Crippen LogP contribution in [0.1, 0.15) is 50.8 Å². The largest absolute Gasteiger partial charge is 0.147 e. The second-order valence-corrected chi connectivity index (χ2v) is 16.4. The van der Waals surface area contributed by atoms with Crippen molar-refractivity contribution in [1.29, 1.82) is 0 Å². The first-order valence-corrected chi connectivity index (χ1v) is 15.0. The first-order chi connectivity index (χ1) is 14.9. The van der Waals surface area contributed by atoms with Gasteiger partial charge in [0.1, 0.15) is 0 Å². The summed E-state index contributed by atoms with van der Waals surface area (Å²) in [4.78, 5) is 0. The molecule has 0 aromatic heterocycles. The predicted octanol–water partition coefficient (Wildman–Crippen LogP) is 7.85. The van der Waals surface area contributed by atoms with Crippen LogP contribution in [0.4, 0.5) is 0 Å². The average molecular weight is 555 g/mol. The van der Waals surface area contributed by atoms with Gasteiger partial charge in [0.2, 0.25) is 0 Å². The molecule has 0 nitrogen and oxygen atoms in total. The molecule has 0 saturated heterocycles. The molecule has 0 fully saturated rings. The van der Waals surface area contributed by atoms with Crippen LogP contribution in [0.3, 0.4) is 0 Å². The first-order valence-electron chi connectivity index (χ1n) is 11.3. The quantitative estimate of drug-likeness (QED) is 0.242. The summed E-state index contributed by atoms with van der Waals surface area (Å²) >= 11 is -2.29. The van der Waals surface area contributed by atoms with Gasteiger partial charge in [-0.2, -0.15) is 0 Å². The maximum absolute atomic E-state index is 2.57. The van der Waals surface area contributed by atoms with Gasteiger partial charge in [0, 0.05) is 0 Å². The van der Waals surface area contributed by atoms with E-state index in [1.54, 1.807) is 15.3 Å². The second-order valence-electron chi connectivity index (χ2n) is 9.81. The molecule has 3 heteroatoms. The smallest absolute Gasteiger partial charge is 0.147 e. The van der Waals surface area contributed by atoms with Gasteiger partial charge in [0.25, 0.3) is 0 Å². The molecule has 0 saturated carbocycles. The van der Waals surface area contributed by atoms with Crippen LogP contribution in [0.25, 0.3) is 11.1 Å². The van der Waals surface area contributed by atoms with Crippen LogP contribution in [0.2, 0.25) is 0 Å². The molecular weight excluding hydrogens is 522 g/mol. The summed E-state index contributed by atoms with van der Waals surface area (Å²) in [7, 11) is 0. The summed E-state index contributed by atoms with van der Waals surface area (Å²) in [6.07, 6.45) is 7.28. The van der Waals surface area contributed by atoms with E-state index >= 15 is 0 Å². The van der Waals surface area contributed by atoms with Crippen molar-refractivity contribution in [2.45, 2.75) is 40.5 Å². The summed E-state index contributed by atoms with van der Waals surface area (Å²) in [6.45, 7) is 9.44. The Morgan fingerprint density at radius 2 is 1.45 bits per heavy atom. The zero-order valence-electron chi connectivity index (χ0n) is 19.8. The van der Waals surface area contributed by atoms with Gasteiger partial charge in [-0.25, -0.2) is 0 Å². The second kappa shape index (κ2) is 10.4. The summed E-state index contributed by atoms with van der Waals surface area (Å²) in [5, 5.41) is 0. The zero-order valence-corrected chi connectivity index (χ0v) is 23.9. The summed E-state index contributed by atoms with van der Waals surface area (Å²) < 4.78 is 5.03. The average Bonchev–Trinajstić information content (AvgIpc) is 3.40. The van der Waals surface area contributed by atoms with Crippen LogP contribution in [0, 0.1) is 5.41 Å². The number of hydrogen-bond acceptors (Lipinski definition) is 0. The molecule has 5 rings (SSSR count). The van der Waals surface area contributed by atoms with E-state index < -0.39 is 21.3 Å². The molecule has 3 aromatic carbocycles. The SMILES string of the molecule is C/[C](c1ccccc1)=[Zr](\[C]1=CC(C(C)(C)C)=CC1)[c]1cccc2c1Cc1ccccc1-2.Cl.Cl. The molecule has 0 unspecified atom stereocenters. The molecule has 0 bridgehead atoms. The number of benzene rings is 3. The van der Waals surface area contributed by atoms with Crippen molar-refractivity contribution >= 4 is 31.3 Å². The molecule has 2 aliphatic rings. The van der Waals surface area contributed by atoms with Crippen molar-refractivity contribution < 1.29 is 21.3 Å². The number of hydrogen-bond donors (Lipinski definition) is 0. The Balaban J connectivity index is 0.00000153. The molecule has 2 aliphatic carbocycles. The molecule has 33 heavy (non-hydrogen) atoms. The maximum atomic E-state index is 2.57. The van der Waals surface area contributed by atoms with E-state index in [1.807, 2.05) is 0 Å². The molecule has 0 N–H and O–H groups in total. The molecule has 0 spiro atoms. The van der Waals surface area contributed by atoms with Crippen molar-refractivity contribution in [3.63, 3.8) is 0 Å².